The largest absolute Gasteiger partial charge is 0.207 e. The molecule has 0 aliphatic rings. The zero-order chi connectivity index (χ0) is 5.70. The van der Waals surface area contributed by atoms with Crippen LogP contribution in [-0.4, -0.2) is 12.1 Å². The van der Waals surface area contributed by atoms with Crippen molar-refractivity contribution in [2.45, 2.75) is 6.92 Å². The van der Waals surface area contributed by atoms with Gasteiger partial charge in [-0.1, -0.05) is 11.1 Å². The van der Waals surface area contributed by atoms with Gasteiger partial charge < -0.3 is 0 Å². The van der Waals surface area contributed by atoms with E-state index in [1.54, 1.807) is 14.0 Å². The molecule has 0 unspecified atom stereocenters. The lowest BCUT2D eigenvalue weighted by Crippen LogP contribution is -1.97. The minimum Gasteiger partial charge on any atom is -0.207 e. The predicted octanol–water partition coefficient (Wildman–Crippen LogP) is 0.845. The number of rotatable bonds is 1. The maximum absolute atomic E-state index is 6.36. The summed E-state index contributed by atoms with van der Waals surface area (Å²) in [6.45, 7) is 1.70. The Morgan fingerprint density at radius 1 is 1.71 bits per heavy atom. The fourth-order valence-corrected chi connectivity index (χ4v) is 0.187. The molecule has 0 aromatic carbocycles. The third-order valence-corrected chi connectivity index (χ3v) is 0.424. The molecular formula is C4H7N3. The van der Waals surface area contributed by atoms with Gasteiger partial charge in [0, 0.05) is 13.1 Å². The summed E-state index contributed by atoms with van der Waals surface area (Å²) in [5.41, 5.74) is 6.36. The molecule has 0 saturated heterocycles. The molecule has 0 bridgehead atoms. The van der Waals surface area contributed by atoms with Crippen LogP contribution >= 0.6 is 0 Å². The first-order valence-corrected chi connectivity index (χ1v) is 1.84. The number of hydrogen-bond acceptors (Lipinski definition) is 2. The zero-order valence-corrected chi connectivity index (χ0v) is 4.39. The van der Waals surface area contributed by atoms with Crippen LogP contribution in [0.3, 0.4) is 0 Å². The maximum Gasteiger partial charge on any atom is 0.0409 e. The van der Waals surface area contributed by atoms with Gasteiger partial charge in [0.1, 0.15) is 0 Å². The van der Waals surface area contributed by atoms with E-state index < -0.39 is 0 Å². The zero-order valence-electron chi connectivity index (χ0n) is 4.39. The van der Waals surface area contributed by atoms with Crippen molar-refractivity contribution in [1.29, 1.82) is 5.53 Å². The first kappa shape index (κ1) is 5.96. The highest BCUT2D eigenvalue weighted by molar-refractivity contribution is 4.91. The van der Waals surface area contributed by atoms with E-state index in [-0.39, 0.29) is 0 Å². The van der Waals surface area contributed by atoms with Gasteiger partial charge in [-0.2, -0.15) is 5.53 Å². The Labute approximate surface area is 42.8 Å². The monoisotopic (exact) mass is 97.1 g/mol. The van der Waals surface area contributed by atoms with Gasteiger partial charge in [0.15, 0.2) is 0 Å². The van der Waals surface area contributed by atoms with Crippen molar-refractivity contribution < 1.29 is 0 Å². The van der Waals surface area contributed by atoms with Gasteiger partial charge in [-0.3, -0.25) is 0 Å². The highest BCUT2D eigenvalue weighted by atomic mass is 15.5. The lowest BCUT2D eigenvalue weighted by molar-refractivity contribution is 0.466. The van der Waals surface area contributed by atoms with Crippen molar-refractivity contribution in [3.8, 4) is 12.0 Å². The average Bonchev–Trinajstić information content (AvgIpc) is 1.68. The van der Waals surface area contributed by atoms with Gasteiger partial charge in [0.05, 0.1) is 0 Å². The Morgan fingerprint density at radius 2 is 2.29 bits per heavy atom. The molecule has 0 fully saturated rings. The second kappa shape index (κ2) is 3.16. The van der Waals surface area contributed by atoms with Crippen molar-refractivity contribution in [3.05, 3.63) is 0 Å². The minimum atomic E-state index is 1.24. The first-order valence-electron chi connectivity index (χ1n) is 1.84. The number of hydrogen-bond donors (Lipinski definition) is 1. The maximum atomic E-state index is 6.36. The van der Waals surface area contributed by atoms with Crippen LogP contribution in [0.1, 0.15) is 6.92 Å². The predicted molar refractivity (Wildman–Crippen MR) is 26.4 cm³/mol. The Kier molecular flexibility index (Phi) is 2.69. The molecule has 7 heavy (non-hydrogen) atoms. The normalized spacial score (nSPS) is 6.00. The van der Waals surface area contributed by atoms with Gasteiger partial charge in [-0.05, 0) is 6.92 Å². The molecule has 0 aliphatic carbocycles. The highest BCUT2D eigenvalue weighted by Gasteiger charge is 1.73. The second-order valence-corrected chi connectivity index (χ2v) is 0.985. The Morgan fingerprint density at radius 3 is 2.43 bits per heavy atom. The molecular weight excluding hydrogens is 90.1 g/mol. The lowest BCUT2D eigenvalue weighted by Gasteiger charge is -1.93. The van der Waals surface area contributed by atoms with Crippen molar-refractivity contribution in [2.24, 2.45) is 5.22 Å². The van der Waals surface area contributed by atoms with Crippen molar-refractivity contribution in [2.75, 3.05) is 7.05 Å². The molecule has 3 nitrogen and oxygen atoms in total. The van der Waals surface area contributed by atoms with Crippen molar-refractivity contribution in [1.82, 2.24) is 5.01 Å². The summed E-state index contributed by atoms with van der Waals surface area (Å²) in [4.78, 5) is 0. The van der Waals surface area contributed by atoms with Crippen LogP contribution in [0.2, 0.25) is 0 Å². The molecule has 0 aromatic heterocycles. The fourth-order valence-electron chi connectivity index (χ4n) is 0.187. The molecule has 0 radical (unpaired) electrons. The van der Waals surface area contributed by atoms with Crippen LogP contribution in [0.15, 0.2) is 5.22 Å². The molecule has 0 aliphatic heterocycles. The van der Waals surface area contributed by atoms with E-state index in [4.69, 9.17) is 5.53 Å². The SMILES string of the molecule is CC#CN(C)N=N. The second-order valence-electron chi connectivity index (χ2n) is 0.985. The molecule has 0 heterocycles. The van der Waals surface area contributed by atoms with E-state index in [9.17, 15) is 0 Å². The molecule has 0 aromatic rings. The third-order valence-electron chi connectivity index (χ3n) is 0.424. The number of nitrogens with one attached hydrogen (secondary N) is 1. The number of nitrogens with zero attached hydrogens (tertiary/aromatic N) is 2. The molecule has 1 N–H and O–H groups in total. The van der Waals surface area contributed by atoms with Crippen LogP contribution in [-0.2, 0) is 0 Å². The topological polar surface area (TPSA) is 39.5 Å². The first-order chi connectivity index (χ1) is 3.31. The van der Waals surface area contributed by atoms with Crippen molar-refractivity contribution in [3.63, 3.8) is 0 Å². The Hall–Kier alpha value is -1.04. The van der Waals surface area contributed by atoms with Gasteiger partial charge >= 0.3 is 0 Å². The lowest BCUT2D eigenvalue weighted by atomic mass is 10.8. The Bertz CT molecular complexity index is 108. The molecule has 3 heteroatoms. The fraction of sp³-hybridized carbons (Fsp3) is 0.500. The van der Waals surface area contributed by atoms with Gasteiger partial charge in [0.2, 0.25) is 0 Å². The van der Waals surface area contributed by atoms with E-state index in [2.05, 4.69) is 17.2 Å². The van der Waals surface area contributed by atoms with Gasteiger partial charge in [-0.15, -0.1) is 0 Å². The van der Waals surface area contributed by atoms with Gasteiger partial charge in [-0.25, -0.2) is 5.01 Å². The van der Waals surface area contributed by atoms with E-state index in [1.807, 2.05) is 0 Å². The summed E-state index contributed by atoms with van der Waals surface area (Å²) >= 11 is 0. The van der Waals surface area contributed by atoms with Crippen LogP contribution in [0.25, 0.3) is 0 Å². The summed E-state index contributed by atoms with van der Waals surface area (Å²) in [5, 5.41) is 4.22. The average molecular weight is 97.1 g/mol. The summed E-state index contributed by atoms with van der Waals surface area (Å²) in [6.07, 6.45) is 0. The molecule has 0 rings (SSSR count). The minimum absolute atomic E-state index is 1.24. The smallest absolute Gasteiger partial charge is 0.0409 e. The molecule has 0 spiro atoms. The van der Waals surface area contributed by atoms with E-state index in [0.29, 0.717) is 0 Å². The summed E-state index contributed by atoms with van der Waals surface area (Å²) < 4.78 is 0. The van der Waals surface area contributed by atoms with Crippen LogP contribution in [0.4, 0.5) is 0 Å². The van der Waals surface area contributed by atoms with Crippen LogP contribution in [0.5, 0.6) is 0 Å². The van der Waals surface area contributed by atoms with Gasteiger partial charge in [0.25, 0.3) is 0 Å². The molecule has 0 atom stereocenters. The van der Waals surface area contributed by atoms with Crippen LogP contribution in [0, 0.1) is 17.5 Å². The van der Waals surface area contributed by atoms with E-state index in [1.165, 1.54) is 5.01 Å². The molecule has 38 valence electrons. The standard InChI is InChI=1S/C4H7N3/c1-3-4-7(2)6-5/h5H,1-2H3. The third kappa shape index (κ3) is 2.77. The molecule has 0 amide bonds. The highest BCUT2D eigenvalue weighted by Crippen LogP contribution is 1.72. The quantitative estimate of drug-likeness (QED) is 0.224. The van der Waals surface area contributed by atoms with E-state index in [0.717, 1.165) is 0 Å². The Balaban J connectivity index is 3.49. The van der Waals surface area contributed by atoms with E-state index >= 15 is 0 Å². The summed E-state index contributed by atoms with van der Waals surface area (Å²) in [5.74, 6) is 2.58. The summed E-state index contributed by atoms with van der Waals surface area (Å²) in [7, 11) is 1.61. The van der Waals surface area contributed by atoms with Crippen molar-refractivity contribution >= 4 is 0 Å². The van der Waals surface area contributed by atoms with Crippen LogP contribution < -0.4 is 0 Å². The molecule has 0 saturated carbocycles. The summed E-state index contributed by atoms with van der Waals surface area (Å²) in [6, 6.07) is 2.52.